The van der Waals surface area contributed by atoms with Crippen LogP contribution in [0.25, 0.3) is 0 Å². The molecule has 0 aliphatic carbocycles. The number of carbonyl (C=O) groups is 3. The topological polar surface area (TPSA) is 64.2 Å². The van der Waals surface area contributed by atoms with E-state index in [2.05, 4.69) is 11.8 Å². The number of aryl methyl sites for hydroxylation is 1. The highest BCUT2D eigenvalue weighted by molar-refractivity contribution is 5.96. The lowest BCUT2D eigenvalue weighted by Crippen LogP contribution is -2.57. The SMILES string of the molecule is CC1CCN(C(=O)CN2CN(c3ccccc3)C3(CCN(C(=O)CCc4ccccc4)CC3)C2=O)CC1. The summed E-state index contributed by atoms with van der Waals surface area (Å²) >= 11 is 0. The van der Waals surface area contributed by atoms with Crippen molar-refractivity contribution in [3.05, 3.63) is 66.2 Å². The number of benzene rings is 2. The maximum Gasteiger partial charge on any atom is 0.250 e. The highest BCUT2D eigenvalue weighted by Gasteiger charge is 2.54. The second-order valence-corrected chi connectivity index (χ2v) is 10.9. The monoisotopic (exact) mass is 502 g/mol. The number of piperidine rings is 2. The van der Waals surface area contributed by atoms with Crippen LogP contribution in [-0.4, -0.2) is 77.4 Å². The molecule has 3 amide bonds. The van der Waals surface area contributed by atoms with Gasteiger partial charge in [0.25, 0.3) is 5.91 Å². The molecule has 0 aromatic heterocycles. The van der Waals surface area contributed by atoms with Gasteiger partial charge in [-0.15, -0.1) is 0 Å². The van der Waals surface area contributed by atoms with Gasteiger partial charge in [0.2, 0.25) is 11.8 Å². The van der Waals surface area contributed by atoms with Gasteiger partial charge >= 0.3 is 0 Å². The second kappa shape index (κ2) is 11.0. The summed E-state index contributed by atoms with van der Waals surface area (Å²) in [5.74, 6) is 0.849. The van der Waals surface area contributed by atoms with Crippen LogP contribution in [0.15, 0.2) is 60.7 Å². The highest BCUT2D eigenvalue weighted by atomic mass is 16.2. The molecule has 0 atom stereocenters. The van der Waals surface area contributed by atoms with Crippen molar-refractivity contribution >= 4 is 23.4 Å². The number of rotatable bonds is 6. The van der Waals surface area contributed by atoms with Gasteiger partial charge in [-0.05, 0) is 55.7 Å². The standard InChI is InChI=1S/C30H38N4O3/c1-24-14-18-31(19-15-24)28(36)22-33-23-34(26-10-6-3-7-11-26)30(29(33)37)16-20-32(21-17-30)27(35)13-12-25-8-4-2-5-9-25/h2-11,24H,12-23H2,1H3. The predicted octanol–water partition coefficient (Wildman–Crippen LogP) is 3.55. The number of anilines is 1. The zero-order valence-corrected chi connectivity index (χ0v) is 21.8. The van der Waals surface area contributed by atoms with Gasteiger partial charge in [-0.1, -0.05) is 55.5 Å². The van der Waals surface area contributed by atoms with Crippen LogP contribution in [-0.2, 0) is 20.8 Å². The number of amides is 3. The summed E-state index contributed by atoms with van der Waals surface area (Å²) in [6.45, 7) is 5.40. The number of para-hydroxylation sites is 1. The summed E-state index contributed by atoms with van der Waals surface area (Å²) in [6, 6.07) is 20.1. The number of likely N-dealkylation sites (tertiary alicyclic amines) is 2. The van der Waals surface area contributed by atoms with Crippen molar-refractivity contribution in [2.75, 3.05) is 44.3 Å². The molecule has 5 rings (SSSR count). The Bertz CT molecular complexity index is 1090. The normalized spacial score (nSPS) is 20.1. The molecule has 196 valence electrons. The third kappa shape index (κ3) is 5.36. The fourth-order valence-corrected chi connectivity index (χ4v) is 6.02. The Morgan fingerprint density at radius 3 is 2.08 bits per heavy atom. The van der Waals surface area contributed by atoms with E-state index in [1.165, 1.54) is 0 Å². The molecule has 7 heteroatoms. The molecule has 3 aliphatic heterocycles. The quantitative estimate of drug-likeness (QED) is 0.606. The van der Waals surface area contributed by atoms with Crippen molar-refractivity contribution in [2.45, 2.75) is 51.0 Å². The molecule has 3 saturated heterocycles. The van der Waals surface area contributed by atoms with Crippen LogP contribution < -0.4 is 4.90 Å². The largest absolute Gasteiger partial charge is 0.342 e. The Balaban J connectivity index is 1.27. The average Bonchev–Trinajstić information content (AvgIpc) is 3.19. The molecule has 0 unspecified atom stereocenters. The van der Waals surface area contributed by atoms with E-state index in [0.717, 1.165) is 43.6 Å². The smallest absolute Gasteiger partial charge is 0.250 e. The summed E-state index contributed by atoms with van der Waals surface area (Å²) in [5.41, 5.74) is 1.43. The van der Waals surface area contributed by atoms with Crippen LogP contribution in [0.4, 0.5) is 5.69 Å². The fourth-order valence-electron chi connectivity index (χ4n) is 6.02. The van der Waals surface area contributed by atoms with Crippen molar-refractivity contribution in [1.82, 2.24) is 14.7 Å². The van der Waals surface area contributed by atoms with E-state index in [1.54, 1.807) is 4.90 Å². The van der Waals surface area contributed by atoms with E-state index in [-0.39, 0.29) is 24.3 Å². The first kappa shape index (κ1) is 25.3. The first-order chi connectivity index (χ1) is 18.0. The molecule has 0 bridgehead atoms. The van der Waals surface area contributed by atoms with Crippen LogP contribution in [0.5, 0.6) is 0 Å². The van der Waals surface area contributed by atoms with Gasteiger partial charge in [-0.3, -0.25) is 14.4 Å². The fraction of sp³-hybridized carbons (Fsp3) is 0.500. The van der Waals surface area contributed by atoms with Crippen molar-refractivity contribution < 1.29 is 14.4 Å². The third-order valence-corrected chi connectivity index (χ3v) is 8.46. The Kier molecular flexibility index (Phi) is 7.49. The highest BCUT2D eigenvalue weighted by Crippen LogP contribution is 2.39. The average molecular weight is 503 g/mol. The first-order valence-corrected chi connectivity index (χ1v) is 13.7. The van der Waals surface area contributed by atoms with Gasteiger partial charge in [0, 0.05) is 38.3 Å². The van der Waals surface area contributed by atoms with Gasteiger partial charge in [-0.2, -0.15) is 0 Å². The summed E-state index contributed by atoms with van der Waals surface area (Å²) in [5, 5.41) is 0. The zero-order chi connectivity index (χ0) is 25.8. The van der Waals surface area contributed by atoms with Crippen LogP contribution in [0.1, 0.15) is 44.6 Å². The van der Waals surface area contributed by atoms with Gasteiger partial charge in [0.05, 0.1) is 6.67 Å². The lowest BCUT2D eigenvalue weighted by atomic mass is 9.85. The van der Waals surface area contributed by atoms with Gasteiger partial charge in [0.15, 0.2) is 0 Å². The zero-order valence-electron chi connectivity index (χ0n) is 21.8. The molecule has 1 spiro atoms. The molecule has 0 radical (unpaired) electrons. The van der Waals surface area contributed by atoms with Crippen molar-refractivity contribution in [2.24, 2.45) is 5.92 Å². The van der Waals surface area contributed by atoms with E-state index in [9.17, 15) is 14.4 Å². The molecule has 0 N–H and O–H groups in total. The van der Waals surface area contributed by atoms with Gasteiger partial charge in [0.1, 0.15) is 12.1 Å². The van der Waals surface area contributed by atoms with Crippen molar-refractivity contribution in [3.8, 4) is 0 Å². The minimum Gasteiger partial charge on any atom is -0.342 e. The number of hydrogen-bond acceptors (Lipinski definition) is 4. The second-order valence-electron chi connectivity index (χ2n) is 10.9. The summed E-state index contributed by atoms with van der Waals surface area (Å²) in [7, 11) is 0. The molecule has 0 saturated carbocycles. The molecule has 3 fully saturated rings. The van der Waals surface area contributed by atoms with Crippen LogP contribution in [0.3, 0.4) is 0 Å². The minimum atomic E-state index is -0.714. The molecule has 7 nitrogen and oxygen atoms in total. The molecule has 2 aromatic rings. The lowest BCUT2D eigenvalue weighted by Gasteiger charge is -2.43. The Labute approximate surface area is 220 Å². The minimum absolute atomic E-state index is 0.0199. The number of nitrogens with zero attached hydrogens (tertiary/aromatic N) is 4. The van der Waals surface area contributed by atoms with Crippen molar-refractivity contribution in [1.29, 1.82) is 0 Å². The Hall–Kier alpha value is -3.35. The number of carbonyl (C=O) groups excluding carboxylic acids is 3. The van der Waals surface area contributed by atoms with E-state index >= 15 is 0 Å². The van der Waals surface area contributed by atoms with Crippen LogP contribution >= 0.6 is 0 Å². The maximum atomic E-state index is 13.9. The van der Waals surface area contributed by atoms with Crippen LogP contribution in [0.2, 0.25) is 0 Å². The summed E-state index contributed by atoms with van der Waals surface area (Å²) in [4.78, 5) is 47.8. The van der Waals surface area contributed by atoms with Crippen molar-refractivity contribution in [3.63, 3.8) is 0 Å². The Morgan fingerprint density at radius 1 is 0.838 bits per heavy atom. The molecule has 37 heavy (non-hydrogen) atoms. The maximum absolute atomic E-state index is 13.9. The molecule has 2 aromatic carbocycles. The van der Waals surface area contributed by atoms with Gasteiger partial charge < -0.3 is 19.6 Å². The van der Waals surface area contributed by atoms with Crippen LogP contribution in [0, 0.1) is 5.92 Å². The van der Waals surface area contributed by atoms with E-state index in [1.807, 2.05) is 70.5 Å². The lowest BCUT2D eigenvalue weighted by molar-refractivity contribution is -0.142. The molecule has 3 aliphatic rings. The first-order valence-electron chi connectivity index (χ1n) is 13.7. The molecular formula is C30H38N4O3. The summed E-state index contributed by atoms with van der Waals surface area (Å²) < 4.78 is 0. The molecule has 3 heterocycles. The Morgan fingerprint density at radius 2 is 1.43 bits per heavy atom. The van der Waals surface area contributed by atoms with E-state index < -0.39 is 5.54 Å². The summed E-state index contributed by atoms with van der Waals surface area (Å²) in [6.07, 6.45) is 4.39. The molecular weight excluding hydrogens is 464 g/mol. The van der Waals surface area contributed by atoms with E-state index in [4.69, 9.17) is 0 Å². The predicted molar refractivity (Wildman–Crippen MR) is 144 cm³/mol. The third-order valence-electron chi connectivity index (χ3n) is 8.46. The number of hydrogen-bond donors (Lipinski definition) is 0. The van der Waals surface area contributed by atoms with Gasteiger partial charge in [-0.25, -0.2) is 0 Å². The van der Waals surface area contributed by atoms with E-state index in [0.29, 0.717) is 44.9 Å².